The van der Waals surface area contributed by atoms with Crippen molar-refractivity contribution < 1.29 is 0 Å². The van der Waals surface area contributed by atoms with E-state index in [0.29, 0.717) is 11.8 Å². The Morgan fingerprint density at radius 1 is 0.941 bits per heavy atom. The molecule has 0 bridgehead atoms. The molecule has 6 rings (SSSR count). The second-order valence-electron chi connectivity index (χ2n) is 11.0. The first-order valence-electron chi connectivity index (χ1n) is 13.1. The van der Waals surface area contributed by atoms with Gasteiger partial charge in [-0.2, -0.15) is 0 Å². The lowest BCUT2D eigenvalue weighted by Crippen LogP contribution is -2.63. The Morgan fingerprint density at radius 3 is 2.24 bits per heavy atom. The minimum atomic E-state index is -1.67. The first-order chi connectivity index (χ1) is 16.6. The Kier molecular flexibility index (Phi) is 5.73. The smallest absolute Gasteiger partial charge is 0.129 e. The zero-order valence-corrected chi connectivity index (χ0v) is 21.7. The van der Waals surface area contributed by atoms with Gasteiger partial charge in [-0.05, 0) is 68.5 Å². The number of hydrogen-bond acceptors (Lipinski definition) is 3. The van der Waals surface area contributed by atoms with Gasteiger partial charge in [0.1, 0.15) is 8.24 Å². The third-order valence-electron chi connectivity index (χ3n) is 9.02. The highest BCUT2D eigenvalue weighted by Gasteiger charge is 2.53. The SMILES string of the molecule is CCC1CC2C(c3c4ccccc4cc4ccccc34)=CC=CC2C1[Si](C)(C)N1CNCNC1. The summed E-state index contributed by atoms with van der Waals surface area (Å²) in [5.74, 6) is 2.02. The van der Waals surface area contributed by atoms with Crippen molar-refractivity contribution in [3.05, 3.63) is 78.4 Å². The van der Waals surface area contributed by atoms with Gasteiger partial charge in [0, 0.05) is 20.0 Å². The standard InChI is InChI=1S/C30H37N3Si/c1-4-21-17-28-26(14-9-15-27(28)30(21)34(2,3)33-19-31-18-32-20-33)29-24-12-7-5-10-22(24)16-23-11-6-8-13-25(23)29/h5-16,21,27-28,30-32H,4,17-20H2,1-3H3. The number of rotatable bonds is 4. The minimum absolute atomic E-state index is 0.603. The van der Waals surface area contributed by atoms with E-state index in [4.69, 9.17) is 0 Å². The van der Waals surface area contributed by atoms with Gasteiger partial charge in [0.2, 0.25) is 0 Å². The summed E-state index contributed by atoms with van der Waals surface area (Å²) in [6.45, 7) is 10.6. The molecular formula is C30H37N3Si. The molecule has 1 saturated carbocycles. The van der Waals surface area contributed by atoms with E-state index in [1.165, 1.54) is 39.9 Å². The summed E-state index contributed by atoms with van der Waals surface area (Å²) in [7, 11) is -1.67. The van der Waals surface area contributed by atoms with Crippen molar-refractivity contribution in [3.8, 4) is 0 Å². The number of allylic oxidation sites excluding steroid dienone is 4. The molecule has 3 aromatic carbocycles. The Labute approximate surface area is 205 Å². The van der Waals surface area contributed by atoms with Crippen molar-refractivity contribution in [2.45, 2.75) is 38.4 Å². The van der Waals surface area contributed by atoms with Crippen LogP contribution >= 0.6 is 0 Å². The fourth-order valence-electron chi connectivity index (χ4n) is 7.40. The van der Waals surface area contributed by atoms with Crippen molar-refractivity contribution in [2.75, 3.05) is 20.0 Å². The molecule has 0 radical (unpaired) electrons. The Morgan fingerprint density at radius 2 is 1.59 bits per heavy atom. The van der Waals surface area contributed by atoms with Gasteiger partial charge in [-0.25, -0.2) is 0 Å². The van der Waals surface area contributed by atoms with Crippen molar-refractivity contribution in [1.29, 1.82) is 0 Å². The monoisotopic (exact) mass is 467 g/mol. The normalized spacial score (nSPS) is 27.8. The maximum Gasteiger partial charge on any atom is 0.129 e. The van der Waals surface area contributed by atoms with E-state index in [9.17, 15) is 0 Å². The fourth-order valence-corrected chi connectivity index (χ4v) is 11.7. The van der Waals surface area contributed by atoms with E-state index < -0.39 is 8.24 Å². The molecule has 2 aliphatic carbocycles. The van der Waals surface area contributed by atoms with Gasteiger partial charge in [0.05, 0.1) is 0 Å². The molecule has 4 heteroatoms. The molecule has 1 saturated heterocycles. The van der Waals surface area contributed by atoms with Crippen LogP contribution in [0.3, 0.4) is 0 Å². The van der Waals surface area contributed by atoms with E-state index >= 15 is 0 Å². The summed E-state index contributed by atoms with van der Waals surface area (Å²) in [4.78, 5) is 0. The summed E-state index contributed by atoms with van der Waals surface area (Å²) in [5.41, 5.74) is 3.82. The van der Waals surface area contributed by atoms with E-state index in [-0.39, 0.29) is 0 Å². The van der Waals surface area contributed by atoms with Crippen LogP contribution in [0.1, 0.15) is 25.3 Å². The van der Waals surface area contributed by atoms with Gasteiger partial charge in [0.25, 0.3) is 0 Å². The molecule has 2 fully saturated rings. The van der Waals surface area contributed by atoms with Crippen LogP contribution in [-0.2, 0) is 0 Å². The lowest BCUT2D eigenvalue weighted by atomic mass is 9.78. The Bertz CT molecular complexity index is 1220. The molecule has 0 aromatic heterocycles. The van der Waals surface area contributed by atoms with Crippen LogP contribution in [-0.4, -0.2) is 32.8 Å². The highest BCUT2D eigenvalue weighted by atomic mass is 28.3. The largest absolute Gasteiger partial charge is 0.299 e. The molecule has 4 unspecified atom stereocenters. The topological polar surface area (TPSA) is 27.3 Å². The molecule has 1 aliphatic heterocycles. The maximum absolute atomic E-state index is 3.56. The number of hydrogen-bond donors (Lipinski definition) is 2. The van der Waals surface area contributed by atoms with Crippen LogP contribution in [0.25, 0.3) is 27.1 Å². The van der Waals surface area contributed by atoms with Crippen molar-refractivity contribution in [2.24, 2.45) is 17.8 Å². The van der Waals surface area contributed by atoms with E-state index in [1.54, 1.807) is 5.57 Å². The molecule has 1 heterocycles. The summed E-state index contributed by atoms with van der Waals surface area (Å²) in [6.07, 6.45) is 9.99. The van der Waals surface area contributed by atoms with Crippen molar-refractivity contribution in [3.63, 3.8) is 0 Å². The molecule has 3 aliphatic rings. The number of fused-ring (bicyclic) bond motifs is 3. The molecule has 3 aromatic rings. The van der Waals surface area contributed by atoms with Gasteiger partial charge >= 0.3 is 0 Å². The van der Waals surface area contributed by atoms with Crippen LogP contribution in [0.5, 0.6) is 0 Å². The average Bonchev–Trinajstić information content (AvgIpc) is 3.28. The van der Waals surface area contributed by atoms with E-state index in [0.717, 1.165) is 31.5 Å². The number of benzene rings is 3. The molecule has 0 spiro atoms. The lowest BCUT2D eigenvalue weighted by molar-refractivity contribution is 0.278. The zero-order chi connectivity index (χ0) is 23.3. The molecule has 176 valence electrons. The molecule has 2 N–H and O–H groups in total. The van der Waals surface area contributed by atoms with Gasteiger partial charge in [-0.15, -0.1) is 0 Å². The Hall–Kier alpha value is -2.24. The first kappa shape index (κ1) is 22.2. The van der Waals surface area contributed by atoms with Gasteiger partial charge in [-0.1, -0.05) is 93.2 Å². The molecule has 4 atom stereocenters. The van der Waals surface area contributed by atoms with Gasteiger partial charge in [-0.3, -0.25) is 15.2 Å². The van der Waals surface area contributed by atoms with Crippen LogP contribution in [0, 0.1) is 17.8 Å². The third kappa shape index (κ3) is 3.51. The molecule has 0 amide bonds. The van der Waals surface area contributed by atoms with E-state index in [1.807, 2.05) is 0 Å². The summed E-state index contributed by atoms with van der Waals surface area (Å²) in [6, 6.07) is 20.3. The zero-order valence-electron chi connectivity index (χ0n) is 20.7. The second kappa shape index (κ2) is 8.76. The summed E-state index contributed by atoms with van der Waals surface area (Å²) in [5, 5.41) is 12.6. The van der Waals surface area contributed by atoms with Crippen LogP contribution in [0.4, 0.5) is 0 Å². The van der Waals surface area contributed by atoms with Crippen LogP contribution in [0.15, 0.2) is 72.8 Å². The summed E-state index contributed by atoms with van der Waals surface area (Å²) >= 11 is 0. The third-order valence-corrected chi connectivity index (χ3v) is 13.5. The first-order valence-corrected chi connectivity index (χ1v) is 16.1. The summed E-state index contributed by atoms with van der Waals surface area (Å²) < 4.78 is 2.76. The van der Waals surface area contributed by atoms with E-state index in [2.05, 4.69) is 108 Å². The number of nitrogens with zero attached hydrogens (tertiary/aromatic N) is 1. The van der Waals surface area contributed by atoms with Gasteiger partial charge < -0.3 is 0 Å². The maximum atomic E-state index is 3.56. The molecular weight excluding hydrogens is 430 g/mol. The van der Waals surface area contributed by atoms with Crippen LogP contribution < -0.4 is 10.6 Å². The second-order valence-corrected chi connectivity index (χ2v) is 15.6. The average molecular weight is 468 g/mol. The van der Waals surface area contributed by atoms with Crippen molar-refractivity contribution >= 4 is 35.4 Å². The number of nitrogens with one attached hydrogen (secondary N) is 2. The highest BCUT2D eigenvalue weighted by Crippen LogP contribution is 2.58. The molecule has 34 heavy (non-hydrogen) atoms. The highest BCUT2D eigenvalue weighted by molar-refractivity contribution is 6.76. The molecule has 3 nitrogen and oxygen atoms in total. The predicted molar refractivity (Wildman–Crippen MR) is 148 cm³/mol. The van der Waals surface area contributed by atoms with Crippen molar-refractivity contribution in [1.82, 2.24) is 15.2 Å². The fraction of sp³-hybridized carbons (Fsp3) is 0.400. The predicted octanol–water partition coefficient (Wildman–Crippen LogP) is 6.55. The minimum Gasteiger partial charge on any atom is -0.299 e. The van der Waals surface area contributed by atoms with Gasteiger partial charge in [0.15, 0.2) is 0 Å². The Balaban J connectivity index is 1.47. The lowest BCUT2D eigenvalue weighted by Gasteiger charge is -2.47. The van der Waals surface area contributed by atoms with Crippen LogP contribution in [0.2, 0.25) is 18.6 Å². The quantitative estimate of drug-likeness (QED) is 0.336.